The summed E-state index contributed by atoms with van der Waals surface area (Å²) >= 11 is 0. The van der Waals surface area contributed by atoms with Gasteiger partial charge in [0.15, 0.2) is 0 Å². The minimum atomic E-state index is -0.177. The zero-order chi connectivity index (χ0) is 16.7. The molecule has 0 bridgehead atoms. The van der Waals surface area contributed by atoms with Gasteiger partial charge in [-0.15, -0.1) is 0 Å². The van der Waals surface area contributed by atoms with Crippen LogP contribution >= 0.6 is 0 Å². The van der Waals surface area contributed by atoms with Crippen LogP contribution in [-0.2, 0) is 4.74 Å². The van der Waals surface area contributed by atoms with Crippen LogP contribution in [0.1, 0.15) is 34.2 Å². The number of amides is 1. The average Bonchev–Trinajstić information content (AvgIpc) is 3.31. The molecule has 124 valence electrons. The summed E-state index contributed by atoms with van der Waals surface area (Å²) < 4.78 is 5.48. The fourth-order valence-corrected chi connectivity index (χ4v) is 3.36. The predicted octanol–water partition coefficient (Wildman–Crippen LogP) is 1.59. The molecule has 1 aliphatic rings. The van der Waals surface area contributed by atoms with Gasteiger partial charge in [-0.05, 0) is 24.6 Å². The Morgan fingerprint density at radius 2 is 2.21 bits per heavy atom. The number of fused-ring (bicyclic) bond motifs is 1. The van der Waals surface area contributed by atoms with Crippen LogP contribution in [0.3, 0.4) is 0 Å². The molecule has 8 nitrogen and oxygen atoms in total. The van der Waals surface area contributed by atoms with Crippen LogP contribution in [0, 0.1) is 6.92 Å². The second kappa shape index (κ2) is 5.72. The van der Waals surface area contributed by atoms with Gasteiger partial charge in [0.25, 0.3) is 5.91 Å². The summed E-state index contributed by atoms with van der Waals surface area (Å²) in [6.07, 6.45) is 3.86. The number of nitrogens with one attached hydrogen (secondary N) is 2. The number of hydrogen-bond acceptors (Lipinski definition) is 5. The van der Waals surface area contributed by atoms with Gasteiger partial charge in [-0.3, -0.25) is 15.0 Å². The third-order valence-corrected chi connectivity index (χ3v) is 4.53. The molecule has 1 amide bonds. The molecule has 4 rings (SSSR count). The molecule has 0 aliphatic carbocycles. The number of benzene rings is 1. The van der Waals surface area contributed by atoms with Crippen LogP contribution in [0.4, 0.5) is 0 Å². The lowest BCUT2D eigenvalue weighted by Gasteiger charge is -2.23. The van der Waals surface area contributed by atoms with Crippen molar-refractivity contribution in [3.63, 3.8) is 0 Å². The quantitative estimate of drug-likeness (QED) is 0.761. The zero-order valence-electron chi connectivity index (χ0n) is 13.5. The van der Waals surface area contributed by atoms with Crippen molar-refractivity contribution in [2.75, 3.05) is 13.7 Å². The molecule has 0 saturated carbocycles. The Hall–Kier alpha value is -2.74. The number of rotatable bonds is 3. The summed E-state index contributed by atoms with van der Waals surface area (Å²) in [5, 5.41) is 14.7. The van der Waals surface area contributed by atoms with Crippen LogP contribution in [0.15, 0.2) is 24.7 Å². The van der Waals surface area contributed by atoms with Crippen molar-refractivity contribution in [2.24, 2.45) is 0 Å². The lowest BCUT2D eigenvalue weighted by molar-refractivity contribution is 0.0686. The first kappa shape index (κ1) is 14.8. The van der Waals surface area contributed by atoms with E-state index in [9.17, 15) is 4.79 Å². The summed E-state index contributed by atoms with van der Waals surface area (Å²) in [7, 11) is 1.66. The van der Waals surface area contributed by atoms with Gasteiger partial charge in [-0.1, -0.05) is 0 Å². The average molecular weight is 326 g/mol. The SMILES string of the molecule is CO[C@@H]1C[C@@H](c2ncn[nH]2)N(C(=O)c2cc(C)cc3cn[nH]c23)C1. The maximum atomic E-state index is 13.2. The van der Waals surface area contributed by atoms with E-state index in [1.54, 1.807) is 18.2 Å². The molecule has 2 N–H and O–H groups in total. The monoisotopic (exact) mass is 326 g/mol. The smallest absolute Gasteiger partial charge is 0.256 e. The van der Waals surface area contributed by atoms with E-state index < -0.39 is 0 Å². The summed E-state index contributed by atoms with van der Waals surface area (Å²) in [5.74, 6) is 0.616. The molecule has 0 radical (unpaired) electrons. The molecule has 1 aromatic carbocycles. The Balaban J connectivity index is 1.75. The molecular weight excluding hydrogens is 308 g/mol. The third kappa shape index (κ3) is 2.35. The highest BCUT2D eigenvalue weighted by molar-refractivity contribution is 6.06. The van der Waals surface area contributed by atoms with Crippen molar-refractivity contribution >= 4 is 16.8 Å². The third-order valence-electron chi connectivity index (χ3n) is 4.53. The van der Waals surface area contributed by atoms with Gasteiger partial charge in [0, 0.05) is 25.5 Å². The van der Waals surface area contributed by atoms with Crippen LogP contribution in [0.2, 0.25) is 0 Å². The summed E-state index contributed by atoms with van der Waals surface area (Å²) in [4.78, 5) is 19.3. The Morgan fingerprint density at radius 3 is 2.96 bits per heavy atom. The van der Waals surface area contributed by atoms with E-state index in [1.165, 1.54) is 6.33 Å². The first-order valence-electron chi connectivity index (χ1n) is 7.80. The van der Waals surface area contributed by atoms with Crippen LogP contribution in [-0.4, -0.2) is 55.9 Å². The van der Waals surface area contributed by atoms with Crippen LogP contribution < -0.4 is 0 Å². The standard InChI is InChI=1S/C16H18N6O2/c1-9-3-10-6-18-20-14(10)12(4-9)16(23)22-7-11(24-2)5-13(22)15-17-8-19-21-15/h3-4,6,8,11,13H,5,7H2,1-2H3,(H,18,20)(H,17,19,21)/t11-,13+/m1/s1. The fourth-order valence-electron chi connectivity index (χ4n) is 3.36. The molecule has 8 heteroatoms. The molecule has 1 aliphatic heterocycles. The van der Waals surface area contributed by atoms with Crippen molar-refractivity contribution in [1.29, 1.82) is 0 Å². The minimum Gasteiger partial charge on any atom is -0.380 e. The van der Waals surface area contributed by atoms with Crippen LogP contribution in [0.5, 0.6) is 0 Å². The number of aryl methyl sites for hydroxylation is 1. The number of carbonyl (C=O) groups excluding carboxylic acids is 1. The topological polar surface area (TPSA) is 99.8 Å². The van der Waals surface area contributed by atoms with Crippen molar-refractivity contribution < 1.29 is 9.53 Å². The molecule has 1 saturated heterocycles. The van der Waals surface area contributed by atoms with Gasteiger partial charge in [0.2, 0.25) is 0 Å². The molecule has 2 atom stereocenters. The maximum Gasteiger partial charge on any atom is 0.256 e. The largest absolute Gasteiger partial charge is 0.380 e. The lowest BCUT2D eigenvalue weighted by atomic mass is 10.1. The Labute approximate surface area is 138 Å². The number of H-pyrrole nitrogens is 2. The van der Waals surface area contributed by atoms with Gasteiger partial charge in [-0.2, -0.15) is 10.2 Å². The van der Waals surface area contributed by atoms with E-state index in [1.807, 2.05) is 19.1 Å². The zero-order valence-corrected chi connectivity index (χ0v) is 13.5. The van der Waals surface area contributed by atoms with E-state index in [4.69, 9.17) is 4.74 Å². The number of likely N-dealkylation sites (tertiary alicyclic amines) is 1. The molecule has 0 spiro atoms. The molecule has 3 heterocycles. The van der Waals surface area contributed by atoms with E-state index in [-0.39, 0.29) is 18.1 Å². The molecular formula is C16H18N6O2. The number of ether oxygens (including phenoxy) is 1. The number of hydrogen-bond donors (Lipinski definition) is 2. The number of carbonyl (C=O) groups is 1. The van der Waals surface area contributed by atoms with E-state index in [2.05, 4.69) is 25.4 Å². The first-order chi connectivity index (χ1) is 11.7. The van der Waals surface area contributed by atoms with Crippen LogP contribution in [0.25, 0.3) is 10.9 Å². The van der Waals surface area contributed by atoms with Crippen molar-refractivity contribution in [3.8, 4) is 0 Å². The summed E-state index contributed by atoms with van der Waals surface area (Å²) in [5.41, 5.74) is 2.39. The van der Waals surface area contributed by atoms with Gasteiger partial charge in [0.05, 0.1) is 29.4 Å². The fraction of sp³-hybridized carbons (Fsp3) is 0.375. The summed E-state index contributed by atoms with van der Waals surface area (Å²) in [6.45, 7) is 2.49. The van der Waals surface area contributed by atoms with Gasteiger partial charge >= 0.3 is 0 Å². The minimum absolute atomic E-state index is 0.0221. The number of methoxy groups -OCH3 is 1. The highest BCUT2D eigenvalue weighted by atomic mass is 16.5. The second-order valence-corrected chi connectivity index (χ2v) is 6.08. The molecule has 2 aromatic heterocycles. The van der Waals surface area contributed by atoms with Gasteiger partial charge in [0.1, 0.15) is 12.2 Å². The predicted molar refractivity (Wildman–Crippen MR) is 86.4 cm³/mol. The normalized spacial score (nSPS) is 20.8. The Bertz CT molecular complexity index is 872. The molecule has 0 unspecified atom stereocenters. The van der Waals surface area contributed by atoms with E-state index in [0.717, 1.165) is 16.5 Å². The molecule has 24 heavy (non-hydrogen) atoms. The van der Waals surface area contributed by atoms with Gasteiger partial charge < -0.3 is 9.64 Å². The van der Waals surface area contributed by atoms with E-state index >= 15 is 0 Å². The maximum absolute atomic E-state index is 13.2. The van der Waals surface area contributed by atoms with E-state index in [0.29, 0.717) is 24.4 Å². The number of aromatic nitrogens is 5. The van der Waals surface area contributed by atoms with Crippen molar-refractivity contribution in [1.82, 2.24) is 30.3 Å². The molecule has 1 fully saturated rings. The Kier molecular flexibility index (Phi) is 3.53. The van der Waals surface area contributed by atoms with Gasteiger partial charge in [-0.25, -0.2) is 4.98 Å². The number of aromatic amines is 2. The lowest BCUT2D eigenvalue weighted by Crippen LogP contribution is -2.32. The summed E-state index contributed by atoms with van der Waals surface area (Å²) in [6, 6.07) is 3.72. The van der Waals surface area contributed by atoms with Crippen molar-refractivity contribution in [2.45, 2.75) is 25.5 Å². The number of nitrogens with zero attached hydrogens (tertiary/aromatic N) is 4. The Morgan fingerprint density at radius 1 is 1.33 bits per heavy atom. The first-order valence-corrected chi connectivity index (χ1v) is 7.80. The highest BCUT2D eigenvalue weighted by Crippen LogP contribution is 2.33. The second-order valence-electron chi connectivity index (χ2n) is 6.08. The highest BCUT2D eigenvalue weighted by Gasteiger charge is 2.38. The van der Waals surface area contributed by atoms with Crippen molar-refractivity contribution in [3.05, 3.63) is 41.6 Å². The molecule has 3 aromatic rings.